The predicted molar refractivity (Wildman–Crippen MR) is 71.6 cm³/mol. The first-order valence-electron chi connectivity index (χ1n) is 6.33. The van der Waals surface area contributed by atoms with E-state index in [0.29, 0.717) is 13.1 Å². The van der Waals surface area contributed by atoms with Gasteiger partial charge in [-0.1, -0.05) is 26.7 Å². The van der Waals surface area contributed by atoms with E-state index in [-0.39, 0.29) is 10.7 Å². The van der Waals surface area contributed by atoms with Crippen LogP contribution in [0.15, 0.2) is 11.1 Å². The highest BCUT2D eigenvalue weighted by Gasteiger charge is 2.20. The van der Waals surface area contributed by atoms with Crippen molar-refractivity contribution in [1.29, 1.82) is 0 Å². The second-order valence-electron chi connectivity index (χ2n) is 4.25. The number of hydrogen-bond acceptors (Lipinski definition) is 4. The molecule has 6 nitrogen and oxygen atoms in total. The molecule has 0 aliphatic carbocycles. The van der Waals surface area contributed by atoms with Crippen LogP contribution in [0, 0.1) is 0 Å². The van der Waals surface area contributed by atoms with Gasteiger partial charge in [0, 0.05) is 19.3 Å². The lowest BCUT2D eigenvalue weighted by Crippen LogP contribution is -2.25. The summed E-state index contributed by atoms with van der Waals surface area (Å²) in [7, 11) is -3.53. The van der Waals surface area contributed by atoms with Crippen LogP contribution in [0.4, 0.5) is 5.82 Å². The molecule has 3 N–H and O–H groups in total. The second-order valence-corrected chi connectivity index (χ2v) is 5.98. The Labute approximate surface area is 109 Å². The van der Waals surface area contributed by atoms with Gasteiger partial charge in [0.1, 0.15) is 4.90 Å². The molecule has 0 bridgehead atoms. The van der Waals surface area contributed by atoms with Crippen molar-refractivity contribution in [3.8, 4) is 0 Å². The third-order valence-electron chi connectivity index (χ3n) is 2.57. The monoisotopic (exact) mass is 274 g/mol. The first-order valence-corrected chi connectivity index (χ1v) is 7.82. The van der Waals surface area contributed by atoms with E-state index in [2.05, 4.69) is 16.7 Å². The first-order chi connectivity index (χ1) is 8.51. The Bertz CT molecular complexity index is 467. The van der Waals surface area contributed by atoms with E-state index in [4.69, 9.17) is 5.73 Å². The van der Waals surface area contributed by atoms with Gasteiger partial charge in [0.2, 0.25) is 10.0 Å². The number of nitrogens with two attached hydrogens (primary N) is 1. The summed E-state index contributed by atoms with van der Waals surface area (Å²) in [6.07, 6.45) is 5.26. The number of nitrogens with zero attached hydrogens (tertiary/aromatic N) is 2. The van der Waals surface area contributed by atoms with E-state index >= 15 is 0 Å². The van der Waals surface area contributed by atoms with Crippen LogP contribution in [0.1, 0.15) is 39.5 Å². The van der Waals surface area contributed by atoms with E-state index in [9.17, 15) is 8.42 Å². The number of unbranched alkanes of at least 4 members (excludes halogenated alkanes) is 2. The minimum Gasteiger partial charge on any atom is -0.381 e. The third-order valence-corrected chi connectivity index (χ3v) is 4.05. The zero-order valence-electron chi connectivity index (χ0n) is 11.0. The SMILES string of the molecule is CCCCCNS(=O)(=O)c1cn(CCC)nc1N. The molecule has 0 radical (unpaired) electrons. The molecule has 0 aromatic carbocycles. The summed E-state index contributed by atoms with van der Waals surface area (Å²) in [5, 5.41) is 3.99. The normalized spacial score (nSPS) is 11.9. The molecule has 1 aromatic rings. The molecule has 0 fully saturated rings. The molecule has 7 heteroatoms. The van der Waals surface area contributed by atoms with Crippen LogP contribution in [0.3, 0.4) is 0 Å². The summed E-state index contributed by atoms with van der Waals surface area (Å²) in [4.78, 5) is 0.0763. The maximum absolute atomic E-state index is 12.0. The Morgan fingerprint density at radius 2 is 2.06 bits per heavy atom. The van der Waals surface area contributed by atoms with E-state index in [1.807, 2.05) is 6.92 Å². The van der Waals surface area contributed by atoms with Crippen molar-refractivity contribution in [2.45, 2.75) is 51.0 Å². The summed E-state index contributed by atoms with van der Waals surface area (Å²) >= 11 is 0. The molecule has 0 saturated carbocycles. The van der Waals surface area contributed by atoms with Crippen LogP contribution in [-0.2, 0) is 16.6 Å². The quantitative estimate of drug-likeness (QED) is 0.700. The van der Waals surface area contributed by atoms with Crippen LogP contribution >= 0.6 is 0 Å². The van der Waals surface area contributed by atoms with Gasteiger partial charge < -0.3 is 5.73 Å². The van der Waals surface area contributed by atoms with Gasteiger partial charge in [0.25, 0.3) is 0 Å². The van der Waals surface area contributed by atoms with Crippen LogP contribution in [0.2, 0.25) is 0 Å². The molecule has 104 valence electrons. The number of anilines is 1. The van der Waals surface area contributed by atoms with Gasteiger partial charge in [0.05, 0.1) is 0 Å². The van der Waals surface area contributed by atoms with Gasteiger partial charge in [-0.15, -0.1) is 0 Å². The van der Waals surface area contributed by atoms with Crippen molar-refractivity contribution in [1.82, 2.24) is 14.5 Å². The zero-order valence-corrected chi connectivity index (χ0v) is 11.8. The summed E-state index contributed by atoms with van der Waals surface area (Å²) in [5.74, 6) is 0.0615. The minimum atomic E-state index is -3.53. The smallest absolute Gasteiger partial charge is 0.245 e. The van der Waals surface area contributed by atoms with Gasteiger partial charge in [-0.3, -0.25) is 4.68 Å². The predicted octanol–water partition coefficient (Wildman–Crippen LogP) is 1.34. The first kappa shape index (κ1) is 15.0. The molecular formula is C11H22N4O2S. The summed E-state index contributed by atoms with van der Waals surface area (Å²) in [5.41, 5.74) is 5.64. The average Bonchev–Trinajstić information content (AvgIpc) is 2.67. The molecular weight excluding hydrogens is 252 g/mol. The highest BCUT2D eigenvalue weighted by Crippen LogP contribution is 2.16. The Balaban J connectivity index is 2.72. The lowest BCUT2D eigenvalue weighted by molar-refractivity contribution is 0.574. The molecule has 1 rings (SSSR count). The highest BCUT2D eigenvalue weighted by atomic mass is 32.2. The van der Waals surface area contributed by atoms with Crippen LogP contribution < -0.4 is 10.5 Å². The molecule has 1 aromatic heterocycles. The van der Waals surface area contributed by atoms with Crippen molar-refractivity contribution < 1.29 is 8.42 Å². The minimum absolute atomic E-state index is 0.0615. The number of nitrogen functional groups attached to an aromatic ring is 1. The number of hydrogen-bond donors (Lipinski definition) is 2. The topological polar surface area (TPSA) is 90.0 Å². The maximum atomic E-state index is 12.0. The highest BCUT2D eigenvalue weighted by molar-refractivity contribution is 7.89. The molecule has 0 aliphatic rings. The van der Waals surface area contributed by atoms with Gasteiger partial charge >= 0.3 is 0 Å². The van der Waals surface area contributed by atoms with Gasteiger partial charge in [-0.25, -0.2) is 13.1 Å². The molecule has 0 unspecified atom stereocenters. The summed E-state index contributed by atoms with van der Waals surface area (Å²) < 4.78 is 28.1. The number of sulfonamides is 1. The summed E-state index contributed by atoms with van der Waals surface area (Å²) in [6.45, 7) is 5.17. The van der Waals surface area contributed by atoms with Crippen LogP contribution in [0.25, 0.3) is 0 Å². The average molecular weight is 274 g/mol. The molecule has 1 heterocycles. The molecule has 0 atom stereocenters. The van der Waals surface area contributed by atoms with Crippen molar-refractivity contribution in [3.05, 3.63) is 6.20 Å². The van der Waals surface area contributed by atoms with Crippen molar-refractivity contribution in [3.63, 3.8) is 0 Å². The Morgan fingerprint density at radius 3 is 2.67 bits per heavy atom. The molecule has 18 heavy (non-hydrogen) atoms. The molecule has 0 amide bonds. The van der Waals surface area contributed by atoms with Gasteiger partial charge in [-0.2, -0.15) is 5.10 Å². The fraction of sp³-hybridized carbons (Fsp3) is 0.727. The fourth-order valence-electron chi connectivity index (χ4n) is 1.63. The fourth-order valence-corrected chi connectivity index (χ4v) is 2.77. The molecule has 0 aliphatic heterocycles. The van der Waals surface area contributed by atoms with Crippen LogP contribution in [-0.4, -0.2) is 24.7 Å². The largest absolute Gasteiger partial charge is 0.381 e. The number of aryl methyl sites for hydroxylation is 1. The Kier molecular flexibility index (Phi) is 5.61. The number of nitrogens with one attached hydrogen (secondary N) is 1. The third kappa shape index (κ3) is 3.99. The van der Waals surface area contributed by atoms with Crippen molar-refractivity contribution >= 4 is 15.8 Å². The van der Waals surface area contributed by atoms with E-state index in [1.165, 1.54) is 6.20 Å². The Hall–Kier alpha value is -1.08. The number of aromatic nitrogens is 2. The van der Waals surface area contributed by atoms with Crippen LogP contribution in [0.5, 0.6) is 0 Å². The van der Waals surface area contributed by atoms with E-state index < -0.39 is 10.0 Å². The van der Waals surface area contributed by atoms with E-state index in [1.54, 1.807) is 4.68 Å². The number of rotatable bonds is 8. The van der Waals surface area contributed by atoms with Crippen molar-refractivity contribution in [2.24, 2.45) is 0 Å². The van der Waals surface area contributed by atoms with Crippen molar-refractivity contribution in [2.75, 3.05) is 12.3 Å². The van der Waals surface area contributed by atoms with E-state index in [0.717, 1.165) is 25.7 Å². The second kappa shape index (κ2) is 6.75. The standard InChI is InChI=1S/C11H22N4O2S/c1-3-5-6-7-13-18(16,17)10-9-15(8-4-2)14-11(10)12/h9,13H,3-8H2,1-2H3,(H2,12,14). The lowest BCUT2D eigenvalue weighted by Gasteiger charge is -2.04. The lowest BCUT2D eigenvalue weighted by atomic mass is 10.3. The maximum Gasteiger partial charge on any atom is 0.245 e. The van der Waals surface area contributed by atoms with Gasteiger partial charge in [0.15, 0.2) is 5.82 Å². The summed E-state index contributed by atoms with van der Waals surface area (Å²) in [6, 6.07) is 0. The zero-order chi connectivity index (χ0) is 13.6. The molecule has 0 saturated heterocycles. The Morgan fingerprint density at radius 1 is 1.33 bits per heavy atom. The van der Waals surface area contributed by atoms with Gasteiger partial charge in [-0.05, 0) is 12.8 Å². The molecule has 0 spiro atoms.